The maximum Gasteiger partial charge on any atom is 0.314 e. The Morgan fingerprint density at radius 2 is 1.82 bits per heavy atom. The van der Waals surface area contributed by atoms with Crippen LogP contribution >= 0.6 is 0 Å². The molecule has 2 aromatic carbocycles. The molecule has 0 bridgehead atoms. The van der Waals surface area contributed by atoms with Gasteiger partial charge in [0.15, 0.2) is 6.61 Å². The summed E-state index contributed by atoms with van der Waals surface area (Å²) in [7, 11) is 0. The molecular formula is C21H24N2O5. The summed E-state index contributed by atoms with van der Waals surface area (Å²) in [6, 6.07) is 13.8. The molecule has 1 amide bonds. The van der Waals surface area contributed by atoms with Gasteiger partial charge in [-0.05, 0) is 24.0 Å². The molecule has 0 saturated heterocycles. The number of esters is 1. The molecule has 1 N–H and O–H groups in total. The van der Waals surface area contributed by atoms with Crippen molar-refractivity contribution in [2.24, 2.45) is 5.92 Å². The highest BCUT2D eigenvalue weighted by molar-refractivity contribution is 5.96. The molecule has 0 saturated carbocycles. The number of carbonyl (C=O) groups is 2. The second-order valence-electron chi connectivity index (χ2n) is 6.66. The lowest BCUT2D eigenvalue weighted by Crippen LogP contribution is -2.27. The van der Waals surface area contributed by atoms with Gasteiger partial charge in [-0.15, -0.1) is 0 Å². The average molecular weight is 384 g/mol. The summed E-state index contributed by atoms with van der Waals surface area (Å²) >= 11 is 0. The van der Waals surface area contributed by atoms with Crippen LogP contribution in [0.15, 0.2) is 48.5 Å². The van der Waals surface area contributed by atoms with E-state index in [1.54, 1.807) is 19.1 Å². The molecule has 0 unspecified atom stereocenters. The molecule has 2 aromatic rings. The van der Waals surface area contributed by atoms with Gasteiger partial charge in [0.25, 0.3) is 11.6 Å². The molecule has 7 nitrogen and oxygen atoms in total. The van der Waals surface area contributed by atoms with Crippen LogP contribution in [-0.2, 0) is 14.3 Å². The van der Waals surface area contributed by atoms with E-state index in [0.717, 1.165) is 12.0 Å². The molecule has 0 radical (unpaired) electrons. The van der Waals surface area contributed by atoms with Crippen molar-refractivity contribution in [1.29, 1.82) is 0 Å². The third-order valence-electron chi connectivity index (χ3n) is 4.68. The number of anilines is 1. The van der Waals surface area contributed by atoms with Gasteiger partial charge in [0.1, 0.15) is 5.69 Å². The first kappa shape index (κ1) is 21.1. The highest BCUT2D eigenvalue weighted by Gasteiger charge is 2.28. The number of nitrogens with one attached hydrogen (secondary N) is 1. The number of ether oxygens (including phenoxy) is 1. The van der Waals surface area contributed by atoms with Crippen molar-refractivity contribution in [3.05, 3.63) is 69.8 Å². The third kappa shape index (κ3) is 5.16. The fourth-order valence-corrected chi connectivity index (χ4v) is 2.96. The average Bonchev–Trinajstić information content (AvgIpc) is 2.68. The van der Waals surface area contributed by atoms with Crippen molar-refractivity contribution in [2.75, 3.05) is 11.9 Å². The van der Waals surface area contributed by atoms with E-state index in [4.69, 9.17) is 4.74 Å². The van der Waals surface area contributed by atoms with Gasteiger partial charge in [0, 0.05) is 6.07 Å². The number of hydrogen-bond donors (Lipinski definition) is 1. The van der Waals surface area contributed by atoms with Crippen molar-refractivity contribution in [3.8, 4) is 0 Å². The summed E-state index contributed by atoms with van der Waals surface area (Å²) in [4.78, 5) is 35.4. The monoisotopic (exact) mass is 384 g/mol. The van der Waals surface area contributed by atoms with Crippen LogP contribution in [0.3, 0.4) is 0 Å². The first-order valence-corrected chi connectivity index (χ1v) is 9.10. The van der Waals surface area contributed by atoms with Gasteiger partial charge in [-0.3, -0.25) is 19.7 Å². The molecule has 0 aliphatic heterocycles. The minimum Gasteiger partial charge on any atom is -0.455 e. The lowest BCUT2D eigenvalue weighted by Gasteiger charge is -2.21. The van der Waals surface area contributed by atoms with Crippen LogP contribution in [-0.4, -0.2) is 23.4 Å². The normalized spacial score (nSPS) is 12.7. The Balaban J connectivity index is 2.07. The van der Waals surface area contributed by atoms with Crippen LogP contribution in [0, 0.1) is 23.0 Å². The standard InChI is InChI=1S/C21H24N2O5/c1-4-14(2)19(16-10-6-5-7-11-16)21(25)28-13-18(24)22-20-15(3)9-8-12-17(20)23(26)27/h5-12,14,19H,4,13H2,1-3H3,(H,22,24)/t14-,19-/m1/s1. The lowest BCUT2D eigenvalue weighted by molar-refractivity contribution is -0.384. The molecule has 2 rings (SSSR count). The number of carbonyl (C=O) groups excluding carboxylic acids is 2. The number of para-hydroxylation sites is 1. The number of aryl methyl sites for hydroxylation is 1. The number of hydrogen-bond acceptors (Lipinski definition) is 5. The summed E-state index contributed by atoms with van der Waals surface area (Å²) < 4.78 is 5.23. The zero-order valence-electron chi connectivity index (χ0n) is 16.2. The summed E-state index contributed by atoms with van der Waals surface area (Å²) in [5, 5.41) is 13.6. The van der Waals surface area contributed by atoms with Crippen LogP contribution in [0.5, 0.6) is 0 Å². The van der Waals surface area contributed by atoms with E-state index >= 15 is 0 Å². The van der Waals surface area contributed by atoms with Gasteiger partial charge in [0.2, 0.25) is 0 Å². The number of amides is 1. The molecule has 0 aliphatic rings. The number of nitro benzene ring substituents is 1. The van der Waals surface area contributed by atoms with Crippen molar-refractivity contribution >= 4 is 23.3 Å². The quantitative estimate of drug-likeness (QED) is 0.417. The minimum absolute atomic E-state index is 0.0374. The Labute approximate surface area is 163 Å². The van der Waals surface area contributed by atoms with E-state index in [1.165, 1.54) is 6.07 Å². The predicted molar refractivity (Wildman–Crippen MR) is 106 cm³/mol. The molecule has 0 spiro atoms. The topological polar surface area (TPSA) is 98.5 Å². The van der Waals surface area contributed by atoms with E-state index < -0.39 is 29.3 Å². The summed E-state index contributed by atoms with van der Waals surface area (Å²) in [6.07, 6.45) is 0.774. The molecule has 0 aliphatic carbocycles. The summed E-state index contributed by atoms with van der Waals surface area (Å²) in [5.74, 6) is -1.56. The first-order valence-electron chi connectivity index (χ1n) is 9.10. The van der Waals surface area contributed by atoms with E-state index in [2.05, 4.69) is 5.32 Å². The van der Waals surface area contributed by atoms with Crippen molar-refractivity contribution < 1.29 is 19.2 Å². The van der Waals surface area contributed by atoms with Crippen LogP contribution in [0.4, 0.5) is 11.4 Å². The van der Waals surface area contributed by atoms with Gasteiger partial charge in [0.05, 0.1) is 10.8 Å². The predicted octanol–water partition coefficient (Wildman–Crippen LogP) is 4.21. The Hall–Kier alpha value is -3.22. The SMILES string of the molecule is CC[C@@H](C)[C@@H](C(=O)OCC(=O)Nc1c(C)cccc1[N+](=O)[O-])c1ccccc1. The zero-order chi connectivity index (χ0) is 20.7. The number of nitro groups is 1. The molecule has 28 heavy (non-hydrogen) atoms. The molecule has 2 atom stereocenters. The summed E-state index contributed by atoms with van der Waals surface area (Å²) in [6.45, 7) is 5.08. The lowest BCUT2D eigenvalue weighted by atomic mass is 9.86. The van der Waals surface area contributed by atoms with E-state index in [0.29, 0.717) is 5.56 Å². The molecular weight excluding hydrogens is 360 g/mol. The van der Waals surface area contributed by atoms with Crippen LogP contribution in [0.25, 0.3) is 0 Å². The molecule has 0 heterocycles. The van der Waals surface area contributed by atoms with Gasteiger partial charge >= 0.3 is 5.97 Å². The Morgan fingerprint density at radius 1 is 1.14 bits per heavy atom. The van der Waals surface area contributed by atoms with Gasteiger partial charge in [-0.2, -0.15) is 0 Å². The number of nitrogens with zero attached hydrogens (tertiary/aromatic N) is 1. The maximum absolute atomic E-state index is 12.6. The molecule has 7 heteroatoms. The largest absolute Gasteiger partial charge is 0.455 e. The van der Waals surface area contributed by atoms with E-state index in [1.807, 2.05) is 44.2 Å². The fraction of sp³-hybridized carbons (Fsp3) is 0.333. The number of benzene rings is 2. The van der Waals surface area contributed by atoms with Gasteiger partial charge in [-0.1, -0.05) is 62.7 Å². The number of rotatable bonds is 8. The Bertz CT molecular complexity index is 851. The van der Waals surface area contributed by atoms with Gasteiger partial charge < -0.3 is 10.1 Å². The highest BCUT2D eigenvalue weighted by atomic mass is 16.6. The first-order chi connectivity index (χ1) is 13.3. The second-order valence-corrected chi connectivity index (χ2v) is 6.66. The van der Waals surface area contributed by atoms with Crippen molar-refractivity contribution in [3.63, 3.8) is 0 Å². The van der Waals surface area contributed by atoms with Gasteiger partial charge in [-0.25, -0.2) is 0 Å². The Morgan fingerprint density at radius 3 is 2.43 bits per heavy atom. The van der Waals surface area contributed by atoms with Crippen molar-refractivity contribution in [1.82, 2.24) is 0 Å². The zero-order valence-corrected chi connectivity index (χ0v) is 16.2. The van der Waals surface area contributed by atoms with Crippen LogP contribution < -0.4 is 5.32 Å². The molecule has 0 fully saturated rings. The molecule has 0 aromatic heterocycles. The molecule has 148 valence electrons. The van der Waals surface area contributed by atoms with E-state index in [9.17, 15) is 19.7 Å². The second kappa shape index (κ2) is 9.64. The maximum atomic E-state index is 12.6. The highest BCUT2D eigenvalue weighted by Crippen LogP contribution is 2.29. The Kier molecular flexibility index (Phi) is 7.26. The third-order valence-corrected chi connectivity index (χ3v) is 4.68. The van der Waals surface area contributed by atoms with E-state index in [-0.39, 0.29) is 17.3 Å². The van der Waals surface area contributed by atoms with Crippen molar-refractivity contribution in [2.45, 2.75) is 33.1 Å². The summed E-state index contributed by atoms with van der Waals surface area (Å²) in [5.41, 5.74) is 1.28. The smallest absolute Gasteiger partial charge is 0.314 e. The van der Waals surface area contributed by atoms with Crippen LogP contribution in [0.1, 0.15) is 37.3 Å². The minimum atomic E-state index is -0.623. The fourth-order valence-electron chi connectivity index (χ4n) is 2.96. The van der Waals surface area contributed by atoms with Crippen LogP contribution in [0.2, 0.25) is 0 Å².